The van der Waals surface area contributed by atoms with Gasteiger partial charge in [0, 0.05) is 11.3 Å². The molecule has 3 rings (SSSR count). The molecular formula is C17H15FN2OS. The quantitative estimate of drug-likeness (QED) is 0.649. The molecule has 0 saturated heterocycles. The standard InChI is InChI=1S/C17H15FN2OS/c1-11-7-8-13(9-12(11)2)16-19-20-17(21-16)22-10-14-5-3-4-6-15(14)18/h3-9H,10H2,1-2H3. The van der Waals surface area contributed by atoms with Crippen LogP contribution in [0.2, 0.25) is 0 Å². The van der Waals surface area contributed by atoms with Gasteiger partial charge < -0.3 is 4.42 Å². The number of halogens is 1. The number of benzene rings is 2. The van der Waals surface area contributed by atoms with E-state index >= 15 is 0 Å². The number of rotatable bonds is 4. The van der Waals surface area contributed by atoms with Crippen molar-refractivity contribution in [3.8, 4) is 11.5 Å². The van der Waals surface area contributed by atoms with Crippen molar-refractivity contribution in [1.82, 2.24) is 10.2 Å². The molecule has 2 aromatic carbocycles. The molecule has 0 atom stereocenters. The summed E-state index contributed by atoms with van der Waals surface area (Å²) >= 11 is 1.33. The van der Waals surface area contributed by atoms with Gasteiger partial charge in [0.25, 0.3) is 5.22 Å². The van der Waals surface area contributed by atoms with Gasteiger partial charge >= 0.3 is 0 Å². The molecule has 0 spiro atoms. The zero-order valence-electron chi connectivity index (χ0n) is 12.3. The van der Waals surface area contributed by atoms with E-state index in [4.69, 9.17) is 4.42 Å². The summed E-state index contributed by atoms with van der Waals surface area (Å²) in [6, 6.07) is 12.7. The third kappa shape index (κ3) is 3.20. The maximum atomic E-state index is 13.6. The molecule has 5 heteroatoms. The van der Waals surface area contributed by atoms with Crippen molar-refractivity contribution < 1.29 is 8.81 Å². The Labute approximate surface area is 132 Å². The lowest BCUT2D eigenvalue weighted by atomic mass is 10.1. The lowest BCUT2D eigenvalue weighted by molar-refractivity contribution is 0.465. The number of hydrogen-bond donors (Lipinski definition) is 0. The number of nitrogens with zero attached hydrogens (tertiary/aromatic N) is 2. The monoisotopic (exact) mass is 314 g/mol. The molecule has 0 aliphatic rings. The third-order valence-electron chi connectivity index (χ3n) is 3.47. The Hall–Kier alpha value is -2.14. The first-order valence-electron chi connectivity index (χ1n) is 6.91. The molecular weight excluding hydrogens is 299 g/mol. The summed E-state index contributed by atoms with van der Waals surface area (Å²) in [6.45, 7) is 4.10. The highest BCUT2D eigenvalue weighted by atomic mass is 32.2. The van der Waals surface area contributed by atoms with Gasteiger partial charge in [0.15, 0.2) is 0 Å². The van der Waals surface area contributed by atoms with Crippen molar-refractivity contribution in [2.75, 3.05) is 0 Å². The molecule has 1 aromatic heterocycles. The molecule has 0 unspecified atom stereocenters. The van der Waals surface area contributed by atoms with E-state index < -0.39 is 0 Å². The Morgan fingerprint density at radius 3 is 2.64 bits per heavy atom. The van der Waals surface area contributed by atoms with Gasteiger partial charge in [0.05, 0.1) is 0 Å². The van der Waals surface area contributed by atoms with Crippen molar-refractivity contribution in [2.45, 2.75) is 24.8 Å². The Kier molecular flexibility index (Phi) is 4.24. The molecule has 22 heavy (non-hydrogen) atoms. The normalized spacial score (nSPS) is 10.9. The smallest absolute Gasteiger partial charge is 0.277 e. The summed E-state index contributed by atoms with van der Waals surface area (Å²) in [6.07, 6.45) is 0. The first-order valence-corrected chi connectivity index (χ1v) is 7.89. The maximum absolute atomic E-state index is 13.6. The molecule has 0 aliphatic heterocycles. The van der Waals surface area contributed by atoms with Crippen LogP contribution < -0.4 is 0 Å². The number of thioether (sulfide) groups is 1. The second kappa shape index (κ2) is 6.32. The first kappa shape index (κ1) is 14.8. The van der Waals surface area contributed by atoms with E-state index in [9.17, 15) is 4.39 Å². The van der Waals surface area contributed by atoms with E-state index in [1.54, 1.807) is 12.1 Å². The van der Waals surface area contributed by atoms with Crippen molar-refractivity contribution in [2.24, 2.45) is 0 Å². The molecule has 0 radical (unpaired) electrons. The highest BCUT2D eigenvalue weighted by Crippen LogP contribution is 2.27. The van der Waals surface area contributed by atoms with E-state index in [1.807, 2.05) is 31.2 Å². The van der Waals surface area contributed by atoms with Crippen LogP contribution in [0.1, 0.15) is 16.7 Å². The zero-order valence-corrected chi connectivity index (χ0v) is 13.2. The van der Waals surface area contributed by atoms with Crippen LogP contribution in [0.4, 0.5) is 4.39 Å². The van der Waals surface area contributed by atoms with Crippen LogP contribution in [0.3, 0.4) is 0 Å². The highest BCUT2D eigenvalue weighted by Gasteiger charge is 2.11. The van der Waals surface area contributed by atoms with Crippen LogP contribution in [0.25, 0.3) is 11.5 Å². The fraction of sp³-hybridized carbons (Fsp3) is 0.176. The van der Waals surface area contributed by atoms with Crippen LogP contribution in [0.5, 0.6) is 0 Å². The van der Waals surface area contributed by atoms with Crippen molar-refractivity contribution in [3.63, 3.8) is 0 Å². The van der Waals surface area contributed by atoms with E-state index in [0.29, 0.717) is 22.4 Å². The van der Waals surface area contributed by atoms with Gasteiger partial charge in [-0.15, -0.1) is 10.2 Å². The van der Waals surface area contributed by atoms with Gasteiger partial charge in [-0.2, -0.15) is 0 Å². The molecule has 0 bridgehead atoms. The van der Waals surface area contributed by atoms with Gasteiger partial charge in [-0.1, -0.05) is 36.0 Å². The van der Waals surface area contributed by atoms with Gasteiger partial charge in [0.2, 0.25) is 5.89 Å². The van der Waals surface area contributed by atoms with Gasteiger partial charge in [0.1, 0.15) is 5.82 Å². The van der Waals surface area contributed by atoms with Crippen LogP contribution in [0, 0.1) is 19.7 Å². The highest BCUT2D eigenvalue weighted by molar-refractivity contribution is 7.98. The Morgan fingerprint density at radius 1 is 1.05 bits per heavy atom. The summed E-state index contributed by atoms with van der Waals surface area (Å²) in [4.78, 5) is 0. The molecule has 0 fully saturated rings. The van der Waals surface area contributed by atoms with Crippen LogP contribution in [-0.4, -0.2) is 10.2 Å². The van der Waals surface area contributed by atoms with Gasteiger partial charge in [-0.25, -0.2) is 4.39 Å². The number of aromatic nitrogens is 2. The Bertz CT molecular complexity index is 801. The van der Waals surface area contributed by atoms with Crippen LogP contribution in [-0.2, 0) is 5.75 Å². The van der Waals surface area contributed by atoms with E-state index in [1.165, 1.54) is 29.0 Å². The van der Waals surface area contributed by atoms with Gasteiger partial charge in [-0.05, 0) is 48.7 Å². The number of hydrogen-bond acceptors (Lipinski definition) is 4. The minimum atomic E-state index is -0.219. The average Bonchev–Trinajstić information content (AvgIpc) is 2.98. The van der Waals surface area contributed by atoms with Crippen molar-refractivity contribution in [1.29, 1.82) is 0 Å². The minimum absolute atomic E-state index is 0.219. The molecule has 3 nitrogen and oxygen atoms in total. The lowest BCUT2D eigenvalue weighted by Gasteiger charge is -2.01. The predicted molar refractivity (Wildman–Crippen MR) is 85.2 cm³/mol. The summed E-state index contributed by atoms with van der Waals surface area (Å²) in [5.41, 5.74) is 3.92. The maximum Gasteiger partial charge on any atom is 0.277 e. The average molecular weight is 314 g/mol. The van der Waals surface area contributed by atoms with Crippen molar-refractivity contribution >= 4 is 11.8 Å². The van der Waals surface area contributed by atoms with Crippen molar-refractivity contribution in [3.05, 3.63) is 65.0 Å². The zero-order chi connectivity index (χ0) is 15.5. The number of aryl methyl sites for hydroxylation is 2. The van der Waals surface area contributed by atoms with Crippen LogP contribution in [0.15, 0.2) is 52.1 Å². The molecule has 0 saturated carbocycles. The lowest BCUT2D eigenvalue weighted by Crippen LogP contribution is -1.86. The van der Waals surface area contributed by atoms with Crippen LogP contribution >= 0.6 is 11.8 Å². The first-order chi connectivity index (χ1) is 10.6. The summed E-state index contributed by atoms with van der Waals surface area (Å²) < 4.78 is 19.2. The Balaban J connectivity index is 1.74. The largest absolute Gasteiger partial charge is 0.411 e. The van der Waals surface area contributed by atoms with E-state index in [-0.39, 0.29) is 5.82 Å². The second-order valence-corrected chi connectivity index (χ2v) is 5.98. The molecule has 0 aliphatic carbocycles. The predicted octanol–water partition coefficient (Wildman–Crippen LogP) is 4.78. The summed E-state index contributed by atoms with van der Waals surface area (Å²) in [7, 11) is 0. The van der Waals surface area contributed by atoms with E-state index in [2.05, 4.69) is 17.1 Å². The minimum Gasteiger partial charge on any atom is -0.411 e. The summed E-state index contributed by atoms with van der Waals surface area (Å²) in [5, 5.41) is 8.52. The van der Waals surface area contributed by atoms with Gasteiger partial charge in [-0.3, -0.25) is 0 Å². The van der Waals surface area contributed by atoms with E-state index in [0.717, 1.165) is 5.56 Å². The SMILES string of the molecule is Cc1ccc(-c2nnc(SCc3ccccc3F)o2)cc1C. The molecule has 0 N–H and O–H groups in total. The molecule has 112 valence electrons. The molecule has 1 heterocycles. The summed E-state index contributed by atoms with van der Waals surface area (Å²) in [5.74, 6) is 0.726. The molecule has 3 aromatic rings. The topological polar surface area (TPSA) is 38.9 Å². The third-order valence-corrected chi connectivity index (χ3v) is 4.34. The fourth-order valence-corrected chi connectivity index (χ4v) is 2.76. The fourth-order valence-electron chi connectivity index (χ4n) is 2.01. The Morgan fingerprint density at radius 2 is 1.86 bits per heavy atom. The molecule has 0 amide bonds. The second-order valence-electron chi connectivity index (χ2n) is 5.05.